The van der Waals surface area contributed by atoms with Crippen LogP contribution in [-0.2, 0) is 17.3 Å². The van der Waals surface area contributed by atoms with Gasteiger partial charge in [0.05, 0.1) is 24.5 Å². The highest BCUT2D eigenvalue weighted by atomic mass is 19.4. The molecule has 3 aromatic rings. The molecule has 3 aromatic carbocycles. The van der Waals surface area contributed by atoms with Crippen LogP contribution in [0, 0.1) is 0 Å². The minimum absolute atomic E-state index is 0.0208. The van der Waals surface area contributed by atoms with E-state index >= 15 is 0 Å². The van der Waals surface area contributed by atoms with Crippen LogP contribution in [0.5, 0.6) is 0 Å². The van der Waals surface area contributed by atoms with E-state index in [1.54, 1.807) is 23.1 Å². The molecule has 0 saturated carbocycles. The smallest absolute Gasteiger partial charge is 0.378 e. The number of carbonyl (C=O) groups is 2. The van der Waals surface area contributed by atoms with Crippen molar-refractivity contribution in [1.82, 2.24) is 4.90 Å². The fraction of sp³-hybridized carbons (Fsp3) is 0.259. The number of anilines is 2. The number of rotatable bonds is 3. The van der Waals surface area contributed by atoms with Crippen LogP contribution < -0.4 is 10.2 Å². The van der Waals surface area contributed by atoms with Crippen LogP contribution in [0.3, 0.4) is 0 Å². The molecule has 36 heavy (non-hydrogen) atoms. The standard InChI is InChI=1S/C27H24F3N3O3/c28-27(29,30)22-3-1-2-4-23(22)31-26(35)33-12-11-21-17-20(9-10-24(21)33)18-5-7-19(8-6-18)25(34)32-13-15-36-16-14-32/h1-10,17H,11-16H2,(H,31,35). The molecule has 1 fully saturated rings. The number of nitrogens with one attached hydrogen (secondary N) is 1. The molecular formula is C27H24F3N3O3. The fourth-order valence-corrected chi connectivity index (χ4v) is 4.57. The number of para-hydroxylation sites is 1. The zero-order valence-electron chi connectivity index (χ0n) is 19.3. The molecule has 2 aliphatic heterocycles. The van der Waals surface area contributed by atoms with Crippen LogP contribution >= 0.6 is 0 Å². The second-order valence-corrected chi connectivity index (χ2v) is 8.70. The summed E-state index contributed by atoms with van der Waals surface area (Å²) in [6.07, 6.45) is -3.98. The Morgan fingerprint density at radius 2 is 1.56 bits per heavy atom. The van der Waals surface area contributed by atoms with E-state index in [1.165, 1.54) is 23.1 Å². The zero-order valence-corrected chi connectivity index (χ0v) is 19.3. The second-order valence-electron chi connectivity index (χ2n) is 8.70. The first-order valence-corrected chi connectivity index (χ1v) is 11.7. The maximum absolute atomic E-state index is 13.3. The zero-order chi connectivity index (χ0) is 25.3. The van der Waals surface area contributed by atoms with Crippen LogP contribution in [0.25, 0.3) is 11.1 Å². The lowest BCUT2D eigenvalue weighted by molar-refractivity contribution is -0.136. The lowest BCUT2D eigenvalue weighted by atomic mass is 10.0. The summed E-state index contributed by atoms with van der Waals surface area (Å²) in [6, 6.07) is 17.4. The van der Waals surface area contributed by atoms with Crippen LogP contribution in [0.2, 0.25) is 0 Å². The number of ether oxygens (including phenoxy) is 1. The first-order chi connectivity index (χ1) is 17.3. The maximum Gasteiger partial charge on any atom is 0.418 e. The first-order valence-electron chi connectivity index (χ1n) is 11.7. The van der Waals surface area contributed by atoms with Crippen molar-refractivity contribution in [3.63, 3.8) is 0 Å². The Hall–Kier alpha value is -3.85. The van der Waals surface area contributed by atoms with Crippen LogP contribution in [0.4, 0.5) is 29.3 Å². The molecule has 0 radical (unpaired) electrons. The fourth-order valence-electron chi connectivity index (χ4n) is 4.57. The number of hydrogen-bond acceptors (Lipinski definition) is 3. The van der Waals surface area contributed by atoms with Crippen molar-refractivity contribution >= 4 is 23.3 Å². The Kier molecular flexibility index (Phi) is 6.40. The second kappa shape index (κ2) is 9.66. The number of urea groups is 1. The molecule has 5 rings (SSSR count). The van der Waals surface area contributed by atoms with Gasteiger partial charge >= 0.3 is 12.2 Å². The molecule has 1 N–H and O–H groups in total. The Balaban J connectivity index is 1.31. The van der Waals surface area contributed by atoms with Gasteiger partial charge in [0.1, 0.15) is 0 Å². The van der Waals surface area contributed by atoms with Gasteiger partial charge in [-0.15, -0.1) is 0 Å². The van der Waals surface area contributed by atoms with E-state index in [9.17, 15) is 22.8 Å². The number of halogens is 3. The number of fused-ring (bicyclic) bond motifs is 1. The molecule has 0 bridgehead atoms. The summed E-state index contributed by atoms with van der Waals surface area (Å²) in [5, 5.41) is 2.41. The largest absolute Gasteiger partial charge is 0.418 e. The van der Waals surface area contributed by atoms with Gasteiger partial charge in [-0.25, -0.2) is 4.79 Å². The summed E-state index contributed by atoms with van der Waals surface area (Å²) >= 11 is 0. The SMILES string of the molecule is O=C(c1ccc(-c2ccc3c(c2)CCN3C(=O)Nc2ccccc2C(F)(F)F)cc1)N1CCOCC1. The third-order valence-corrected chi connectivity index (χ3v) is 6.46. The molecule has 9 heteroatoms. The average molecular weight is 496 g/mol. The molecule has 0 atom stereocenters. The van der Waals surface area contributed by atoms with Crippen molar-refractivity contribution in [2.24, 2.45) is 0 Å². The molecule has 2 aliphatic rings. The topological polar surface area (TPSA) is 61.9 Å². The van der Waals surface area contributed by atoms with E-state index in [-0.39, 0.29) is 11.6 Å². The van der Waals surface area contributed by atoms with E-state index in [0.717, 1.165) is 22.8 Å². The van der Waals surface area contributed by atoms with E-state index < -0.39 is 17.8 Å². The summed E-state index contributed by atoms with van der Waals surface area (Å²) in [5.74, 6) is -0.0208. The average Bonchev–Trinajstić information content (AvgIpc) is 3.32. The Morgan fingerprint density at radius 3 is 2.28 bits per heavy atom. The monoisotopic (exact) mass is 495 g/mol. The minimum atomic E-state index is -4.57. The summed E-state index contributed by atoms with van der Waals surface area (Å²) in [5.41, 5.74) is 2.92. The van der Waals surface area contributed by atoms with Gasteiger partial charge in [0, 0.05) is 30.9 Å². The van der Waals surface area contributed by atoms with Crippen LogP contribution in [0.1, 0.15) is 21.5 Å². The highest BCUT2D eigenvalue weighted by Gasteiger charge is 2.34. The predicted octanol–water partition coefficient (Wildman–Crippen LogP) is 5.44. The number of hydrogen-bond donors (Lipinski definition) is 1. The number of benzene rings is 3. The van der Waals surface area contributed by atoms with Crippen molar-refractivity contribution in [1.29, 1.82) is 0 Å². The lowest BCUT2D eigenvalue weighted by Crippen LogP contribution is -2.40. The van der Waals surface area contributed by atoms with Gasteiger partial charge < -0.3 is 15.0 Å². The van der Waals surface area contributed by atoms with Gasteiger partial charge in [0.15, 0.2) is 0 Å². The van der Waals surface area contributed by atoms with Crippen LogP contribution in [0.15, 0.2) is 66.7 Å². The van der Waals surface area contributed by atoms with E-state index in [4.69, 9.17) is 4.74 Å². The normalized spacial score (nSPS) is 15.5. The third-order valence-electron chi connectivity index (χ3n) is 6.46. The number of nitrogens with zero attached hydrogens (tertiary/aromatic N) is 2. The van der Waals surface area contributed by atoms with E-state index in [2.05, 4.69) is 5.32 Å². The Bertz CT molecular complexity index is 1290. The quantitative estimate of drug-likeness (QED) is 0.527. The molecule has 3 amide bonds. The molecule has 0 spiro atoms. The predicted molar refractivity (Wildman–Crippen MR) is 130 cm³/mol. The number of morpholine rings is 1. The number of alkyl halides is 3. The third kappa shape index (κ3) is 4.79. The van der Waals surface area contributed by atoms with Gasteiger partial charge in [0.2, 0.25) is 0 Å². The molecule has 2 heterocycles. The van der Waals surface area contributed by atoms with Crippen molar-refractivity contribution < 1.29 is 27.5 Å². The molecule has 186 valence electrons. The highest BCUT2D eigenvalue weighted by molar-refractivity contribution is 6.03. The number of amides is 3. The molecule has 0 aromatic heterocycles. The molecule has 0 aliphatic carbocycles. The molecule has 0 unspecified atom stereocenters. The molecule has 6 nitrogen and oxygen atoms in total. The summed E-state index contributed by atoms with van der Waals surface area (Å²) in [7, 11) is 0. The van der Waals surface area contributed by atoms with Crippen molar-refractivity contribution in [2.45, 2.75) is 12.6 Å². The Morgan fingerprint density at radius 1 is 0.861 bits per heavy atom. The van der Waals surface area contributed by atoms with Gasteiger partial charge in [0.25, 0.3) is 5.91 Å². The van der Waals surface area contributed by atoms with Crippen molar-refractivity contribution in [3.8, 4) is 11.1 Å². The maximum atomic E-state index is 13.3. The van der Waals surface area contributed by atoms with E-state index in [1.807, 2.05) is 24.3 Å². The lowest BCUT2D eigenvalue weighted by Gasteiger charge is -2.26. The first kappa shape index (κ1) is 23.9. The van der Waals surface area contributed by atoms with Gasteiger partial charge in [-0.2, -0.15) is 13.2 Å². The summed E-state index contributed by atoms with van der Waals surface area (Å²) in [4.78, 5) is 28.8. The van der Waals surface area contributed by atoms with Crippen molar-refractivity contribution in [3.05, 3.63) is 83.4 Å². The molecule has 1 saturated heterocycles. The number of carbonyl (C=O) groups excluding carboxylic acids is 2. The van der Waals surface area contributed by atoms with Gasteiger partial charge in [-0.05, 0) is 59.5 Å². The summed E-state index contributed by atoms with van der Waals surface area (Å²) in [6.45, 7) is 2.62. The van der Waals surface area contributed by atoms with Gasteiger partial charge in [-0.3, -0.25) is 9.69 Å². The Labute approximate surface area is 206 Å². The molecular weight excluding hydrogens is 471 g/mol. The minimum Gasteiger partial charge on any atom is -0.378 e. The van der Waals surface area contributed by atoms with Gasteiger partial charge in [-0.1, -0.05) is 30.3 Å². The van der Waals surface area contributed by atoms with Crippen LogP contribution in [-0.4, -0.2) is 49.7 Å². The summed E-state index contributed by atoms with van der Waals surface area (Å²) < 4.78 is 45.2. The van der Waals surface area contributed by atoms with Crippen molar-refractivity contribution in [2.75, 3.05) is 43.1 Å². The van der Waals surface area contributed by atoms with E-state index in [0.29, 0.717) is 50.5 Å². The highest BCUT2D eigenvalue weighted by Crippen LogP contribution is 2.36.